The van der Waals surface area contributed by atoms with Gasteiger partial charge in [-0.3, -0.25) is 5.10 Å². The minimum atomic E-state index is -2.89. The lowest BCUT2D eigenvalue weighted by atomic mass is 9.92. The number of nitrogens with one attached hydrogen (secondary N) is 1. The van der Waals surface area contributed by atoms with Crippen LogP contribution in [0.4, 0.5) is 10.2 Å². The number of nitrogens with zero attached hydrogens (tertiary/aromatic N) is 3. The normalized spacial score (nSPS) is 13.6. The number of hydrogen-bond acceptors (Lipinski definition) is 5. The average Bonchev–Trinajstić information content (AvgIpc) is 3.41. The molecule has 1 N–H and O–H groups in total. The van der Waals surface area contributed by atoms with Crippen LogP contribution in [0.5, 0.6) is 0 Å². The van der Waals surface area contributed by atoms with Gasteiger partial charge in [0.2, 0.25) is 5.09 Å². The Balaban J connectivity index is 1.91. The molecule has 0 saturated heterocycles. The summed E-state index contributed by atoms with van der Waals surface area (Å²) < 4.78 is 37.4. The summed E-state index contributed by atoms with van der Waals surface area (Å²) in [5.41, 5.74) is 4.14. The highest BCUT2D eigenvalue weighted by Crippen LogP contribution is 2.41. The van der Waals surface area contributed by atoms with Gasteiger partial charge in [0.1, 0.15) is 15.5 Å². The summed E-state index contributed by atoms with van der Waals surface area (Å²) in [5, 5.41) is 10.0. The van der Waals surface area contributed by atoms with E-state index in [1.807, 2.05) is 32.9 Å². The van der Waals surface area contributed by atoms with Gasteiger partial charge < -0.3 is 4.42 Å². The largest absolute Gasteiger partial charge is 0.454 e. The zero-order valence-electron chi connectivity index (χ0n) is 18.7. The third-order valence-corrected chi connectivity index (χ3v) is 7.30. The molecule has 0 spiro atoms. The van der Waals surface area contributed by atoms with Crippen LogP contribution in [0, 0.1) is 12.7 Å². The van der Waals surface area contributed by atoms with Crippen LogP contribution >= 0.6 is 0 Å². The van der Waals surface area contributed by atoms with Crippen molar-refractivity contribution in [1.29, 1.82) is 0 Å². The molecule has 0 saturated carbocycles. The summed E-state index contributed by atoms with van der Waals surface area (Å²) in [7, 11) is -2.89. The van der Waals surface area contributed by atoms with E-state index in [2.05, 4.69) is 14.6 Å². The van der Waals surface area contributed by atoms with Crippen molar-refractivity contribution in [2.75, 3.05) is 6.26 Å². The van der Waals surface area contributed by atoms with E-state index in [1.54, 1.807) is 30.7 Å². The molecule has 0 aliphatic rings. The second-order valence-electron chi connectivity index (χ2n) is 8.50. The van der Waals surface area contributed by atoms with E-state index in [-0.39, 0.29) is 11.7 Å². The van der Waals surface area contributed by atoms with Crippen molar-refractivity contribution in [3.8, 4) is 11.1 Å². The minimum absolute atomic E-state index is 0.0432. The number of halogens is 1. The summed E-state index contributed by atoms with van der Waals surface area (Å²) in [5.74, 6) is 0.117. The fraction of sp³-hybridized carbons (Fsp3) is 0.200. The molecular weight excluding hydrogens is 439 g/mol. The van der Waals surface area contributed by atoms with Gasteiger partial charge in [-0.15, -0.1) is 0 Å². The summed E-state index contributed by atoms with van der Waals surface area (Å²) in [4.78, 5) is 4.90. The molecule has 0 aliphatic carbocycles. The quantitative estimate of drug-likeness (QED) is 0.321. The smallest absolute Gasteiger partial charge is 0.201 e. The summed E-state index contributed by atoms with van der Waals surface area (Å²) in [6.45, 7) is 5.93. The second kappa shape index (κ2) is 7.81. The van der Waals surface area contributed by atoms with Crippen molar-refractivity contribution in [3.63, 3.8) is 0 Å². The molecule has 2 aromatic carbocycles. The number of benzene rings is 2. The maximum absolute atomic E-state index is 13.7. The van der Waals surface area contributed by atoms with E-state index in [1.165, 1.54) is 18.4 Å². The Morgan fingerprint density at radius 2 is 1.88 bits per heavy atom. The predicted molar refractivity (Wildman–Crippen MR) is 129 cm³/mol. The molecule has 0 aliphatic heterocycles. The Morgan fingerprint density at radius 3 is 2.55 bits per heavy atom. The molecule has 1 atom stereocenters. The van der Waals surface area contributed by atoms with Gasteiger partial charge in [-0.25, -0.2) is 13.6 Å². The third kappa shape index (κ3) is 3.70. The third-order valence-electron chi connectivity index (χ3n) is 5.67. The molecule has 33 heavy (non-hydrogen) atoms. The van der Waals surface area contributed by atoms with Gasteiger partial charge in [0.15, 0.2) is 5.82 Å². The first-order valence-corrected chi connectivity index (χ1v) is 12.5. The van der Waals surface area contributed by atoms with Crippen molar-refractivity contribution < 1.29 is 13.0 Å². The van der Waals surface area contributed by atoms with Gasteiger partial charge in [0.05, 0.1) is 23.7 Å². The van der Waals surface area contributed by atoms with E-state index >= 15 is 0 Å². The predicted octanol–water partition coefficient (Wildman–Crippen LogP) is 6.73. The van der Waals surface area contributed by atoms with Crippen LogP contribution in [0.2, 0.25) is 0 Å². The van der Waals surface area contributed by atoms with Crippen LogP contribution in [0.1, 0.15) is 31.0 Å². The molecule has 3 heterocycles. The van der Waals surface area contributed by atoms with Crippen molar-refractivity contribution >= 4 is 37.2 Å². The van der Waals surface area contributed by atoms with Crippen LogP contribution in [0.3, 0.4) is 0 Å². The maximum Gasteiger partial charge on any atom is 0.201 e. The van der Waals surface area contributed by atoms with Gasteiger partial charge in [-0.1, -0.05) is 26.0 Å². The number of fused-ring (bicyclic) bond motifs is 2. The molecule has 6 nitrogen and oxygen atoms in total. The van der Waals surface area contributed by atoms with Crippen molar-refractivity contribution in [2.45, 2.75) is 31.8 Å². The molecule has 5 aromatic rings. The van der Waals surface area contributed by atoms with E-state index in [4.69, 9.17) is 9.40 Å². The second-order valence-corrected chi connectivity index (χ2v) is 10.7. The van der Waals surface area contributed by atoms with Gasteiger partial charge in [0.25, 0.3) is 0 Å². The number of H-pyrrole nitrogens is 1. The molecule has 8 heteroatoms. The fourth-order valence-electron chi connectivity index (χ4n) is 4.11. The SMILES string of the molecule is Cc1ccoc1S(C)(=O)=Nc1nc(C(C)C)c(-c2ccc(F)cc2)c2cc3cn[nH]c3cc12. The Morgan fingerprint density at radius 1 is 1.12 bits per heavy atom. The van der Waals surface area contributed by atoms with E-state index in [0.29, 0.717) is 10.9 Å². The van der Waals surface area contributed by atoms with Gasteiger partial charge in [-0.2, -0.15) is 9.46 Å². The lowest BCUT2D eigenvalue weighted by molar-refractivity contribution is 0.460. The molecule has 0 amide bonds. The maximum atomic E-state index is 13.7. The number of pyridine rings is 1. The molecular formula is C25H23FN4O2S. The van der Waals surface area contributed by atoms with Crippen LogP contribution in [0.15, 0.2) is 68.8 Å². The Bertz CT molecular complexity index is 1620. The van der Waals surface area contributed by atoms with Crippen molar-refractivity contribution in [2.24, 2.45) is 4.36 Å². The Labute approximate surface area is 191 Å². The van der Waals surface area contributed by atoms with Crippen molar-refractivity contribution in [1.82, 2.24) is 15.2 Å². The van der Waals surface area contributed by atoms with Gasteiger partial charge in [-0.05, 0) is 54.1 Å². The van der Waals surface area contributed by atoms with Crippen LogP contribution in [-0.4, -0.2) is 25.6 Å². The summed E-state index contributed by atoms with van der Waals surface area (Å²) in [6, 6.07) is 12.1. The van der Waals surface area contributed by atoms with E-state index < -0.39 is 9.73 Å². The zero-order chi connectivity index (χ0) is 23.3. The highest BCUT2D eigenvalue weighted by atomic mass is 32.2. The fourth-order valence-corrected chi connectivity index (χ4v) is 5.56. The number of furan rings is 1. The number of hydrogen-bond donors (Lipinski definition) is 1. The number of aryl methyl sites for hydroxylation is 1. The summed E-state index contributed by atoms with van der Waals surface area (Å²) >= 11 is 0. The molecule has 1 unspecified atom stereocenters. The number of aromatic amines is 1. The van der Waals surface area contributed by atoms with Crippen molar-refractivity contribution in [3.05, 3.63) is 72.0 Å². The average molecular weight is 463 g/mol. The molecule has 0 radical (unpaired) electrons. The first-order valence-electron chi connectivity index (χ1n) is 10.6. The first-order chi connectivity index (χ1) is 15.7. The Kier molecular flexibility index (Phi) is 5.05. The molecule has 0 bridgehead atoms. The number of aromatic nitrogens is 3. The molecule has 3 aromatic heterocycles. The van der Waals surface area contributed by atoms with Gasteiger partial charge in [0, 0.05) is 28.2 Å². The molecule has 168 valence electrons. The van der Waals surface area contributed by atoms with Crippen LogP contribution in [-0.2, 0) is 9.73 Å². The van der Waals surface area contributed by atoms with Gasteiger partial charge >= 0.3 is 0 Å². The molecule has 0 fully saturated rings. The molecule has 5 rings (SSSR count). The first kappa shape index (κ1) is 21.3. The highest BCUT2D eigenvalue weighted by Gasteiger charge is 2.21. The van der Waals surface area contributed by atoms with Crippen LogP contribution in [0.25, 0.3) is 32.8 Å². The monoisotopic (exact) mass is 462 g/mol. The van der Waals surface area contributed by atoms with E-state index in [9.17, 15) is 8.60 Å². The Hall–Kier alpha value is -3.52. The standard InChI is InChI=1S/C25H23FN4O2S/c1-14(2)23-22(16-5-7-18(26)8-6-16)19-11-17-13-27-29-21(17)12-20(19)24(28-23)30-33(4,31)25-15(3)9-10-32-25/h5-14H,1-4H3,(H,27,29). The lowest BCUT2D eigenvalue weighted by Crippen LogP contribution is -2.02. The highest BCUT2D eigenvalue weighted by molar-refractivity contribution is 7.93. The lowest BCUT2D eigenvalue weighted by Gasteiger charge is -2.17. The van der Waals surface area contributed by atoms with Crippen LogP contribution < -0.4 is 0 Å². The zero-order valence-corrected chi connectivity index (χ0v) is 19.5. The topological polar surface area (TPSA) is 84.1 Å². The number of rotatable bonds is 4. The summed E-state index contributed by atoms with van der Waals surface area (Å²) in [6.07, 6.45) is 4.83. The minimum Gasteiger partial charge on any atom is -0.454 e. The van der Waals surface area contributed by atoms with E-state index in [0.717, 1.165) is 44.1 Å².